The van der Waals surface area contributed by atoms with Crippen LogP contribution in [0, 0.1) is 24.0 Å². The van der Waals surface area contributed by atoms with E-state index in [1.54, 1.807) is 0 Å². The molecule has 7 rings (SSSR count). The van der Waals surface area contributed by atoms with Crippen molar-refractivity contribution >= 4 is 27.6 Å². The fraction of sp³-hybridized carbons (Fsp3) is 0.429. The van der Waals surface area contributed by atoms with E-state index in [-0.39, 0.29) is 62.7 Å². The molecule has 12 heteroatoms. The second kappa shape index (κ2) is 11.6. The number of hydrogen-bond donors (Lipinski definition) is 2. The first-order chi connectivity index (χ1) is 22.5. The molecule has 2 aromatic carbocycles. The third kappa shape index (κ3) is 5.22. The smallest absolute Gasteiger partial charge is 0.317 e. The van der Waals surface area contributed by atoms with Gasteiger partial charge in [0.1, 0.15) is 41.2 Å². The van der Waals surface area contributed by atoms with E-state index in [0.717, 1.165) is 38.6 Å². The number of terminal acetylenes is 1. The Morgan fingerprint density at radius 2 is 2.02 bits per heavy atom. The predicted octanol–water partition coefficient (Wildman–Crippen LogP) is 4.98. The molecule has 0 bridgehead atoms. The molecule has 3 aliphatic rings. The number of benzene rings is 2. The maximum Gasteiger partial charge on any atom is 0.317 e. The van der Waals surface area contributed by atoms with Crippen LogP contribution in [0.2, 0.25) is 0 Å². The number of amides is 1. The number of likely N-dealkylation sites (N-methyl/N-ethyl adjacent to an activating group) is 1. The van der Waals surface area contributed by atoms with Gasteiger partial charge in [0.2, 0.25) is 0 Å². The minimum atomic E-state index is -0.978. The molecule has 4 heterocycles. The number of alkyl halides is 1. The molecule has 2 aromatic heterocycles. The maximum absolute atomic E-state index is 16.7. The van der Waals surface area contributed by atoms with Crippen LogP contribution in [0.5, 0.6) is 11.8 Å². The van der Waals surface area contributed by atoms with E-state index in [2.05, 4.69) is 36.0 Å². The number of nitrogens with zero attached hydrogens (tertiary/aromatic N) is 5. The molecule has 2 aliphatic heterocycles. The highest BCUT2D eigenvalue weighted by Crippen LogP contribution is 2.41. The highest BCUT2D eigenvalue weighted by atomic mass is 19.1. The molecule has 3 fully saturated rings. The van der Waals surface area contributed by atoms with E-state index in [9.17, 15) is 18.7 Å². The van der Waals surface area contributed by atoms with Gasteiger partial charge in [-0.15, -0.1) is 6.42 Å². The van der Waals surface area contributed by atoms with E-state index < -0.39 is 29.3 Å². The van der Waals surface area contributed by atoms with Crippen LogP contribution in [-0.4, -0.2) is 93.4 Å². The number of phenols is 1. The molecule has 2 saturated heterocycles. The standard InChI is InChI=1S/C35H35F3N6O3/c1-4-23-26(37)8-7-20-13-22(45)14-24(27(20)23)29-28(38)30-25(16-39-29)31(32(46)40-18-34(43(2)3)9-5-10-34)42-33(41-30)47-19-35-11-6-12-44(35)17-21(36)15-35/h1,7-8,13-14,16,21,45H,5-6,9-12,15,17-19H2,2-3H3,(H,40,46)/t21-,35+/m1/s1. The molecule has 0 unspecified atom stereocenters. The van der Waals surface area contributed by atoms with Gasteiger partial charge >= 0.3 is 6.01 Å². The summed E-state index contributed by atoms with van der Waals surface area (Å²) in [6, 6.07) is 5.03. The van der Waals surface area contributed by atoms with E-state index in [1.807, 2.05) is 14.1 Å². The molecular formula is C35H35F3N6O3. The summed E-state index contributed by atoms with van der Waals surface area (Å²) in [6.07, 6.45) is 10.8. The van der Waals surface area contributed by atoms with Crippen molar-refractivity contribution in [2.45, 2.75) is 55.8 Å². The number of carbonyl (C=O) groups is 1. The SMILES string of the molecule is C#Cc1c(F)ccc2cc(O)cc(-c3ncc4c(C(=O)NCC5(N(C)C)CCC5)nc(OC[C@@]56CCCN5C[C@H](F)C6)nc4c3F)c12. The number of aromatic nitrogens is 3. The van der Waals surface area contributed by atoms with Crippen molar-refractivity contribution in [1.29, 1.82) is 0 Å². The normalized spacial score (nSPS) is 21.9. The van der Waals surface area contributed by atoms with Crippen molar-refractivity contribution in [3.63, 3.8) is 0 Å². The number of rotatable bonds is 8. The van der Waals surface area contributed by atoms with E-state index in [4.69, 9.17) is 11.2 Å². The summed E-state index contributed by atoms with van der Waals surface area (Å²) in [5.41, 5.74) is -1.40. The van der Waals surface area contributed by atoms with Gasteiger partial charge in [-0.1, -0.05) is 12.0 Å². The van der Waals surface area contributed by atoms with E-state index >= 15 is 4.39 Å². The fourth-order valence-corrected chi connectivity index (χ4v) is 7.56. The first-order valence-corrected chi connectivity index (χ1v) is 15.8. The highest BCUT2D eigenvalue weighted by Gasteiger charge is 2.49. The van der Waals surface area contributed by atoms with Crippen molar-refractivity contribution in [3.8, 4) is 35.4 Å². The quantitative estimate of drug-likeness (QED) is 0.259. The van der Waals surface area contributed by atoms with Gasteiger partial charge in [-0.05, 0) is 76.3 Å². The lowest BCUT2D eigenvalue weighted by Crippen LogP contribution is -2.57. The van der Waals surface area contributed by atoms with Crippen LogP contribution in [0.3, 0.4) is 0 Å². The summed E-state index contributed by atoms with van der Waals surface area (Å²) in [6.45, 7) is 1.52. The Balaban J connectivity index is 1.34. The molecule has 47 heavy (non-hydrogen) atoms. The summed E-state index contributed by atoms with van der Waals surface area (Å²) in [4.78, 5) is 31.1. The molecule has 9 nitrogen and oxygen atoms in total. The third-order valence-electron chi connectivity index (χ3n) is 10.4. The van der Waals surface area contributed by atoms with Crippen LogP contribution in [0.4, 0.5) is 13.2 Å². The van der Waals surface area contributed by atoms with Crippen LogP contribution in [0.15, 0.2) is 30.5 Å². The zero-order chi connectivity index (χ0) is 33.1. The lowest BCUT2D eigenvalue weighted by molar-refractivity contribution is 0.0556. The molecule has 0 radical (unpaired) electrons. The van der Waals surface area contributed by atoms with Gasteiger partial charge in [0, 0.05) is 42.2 Å². The number of ether oxygens (including phenoxy) is 1. The van der Waals surface area contributed by atoms with Gasteiger partial charge in [0.15, 0.2) is 5.82 Å². The monoisotopic (exact) mass is 644 g/mol. The van der Waals surface area contributed by atoms with Crippen molar-refractivity contribution in [3.05, 3.63) is 53.4 Å². The summed E-state index contributed by atoms with van der Waals surface area (Å²) in [7, 11) is 3.94. The summed E-state index contributed by atoms with van der Waals surface area (Å²) < 4.78 is 52.0. The third-order valence-corrected chi connectivity index (χ3v) is 10.4. The Kier molecular flexibility index (Phi) is 7.72. The topological polar surface area (TPSA) is 104 Å². The van der Waals surface area contributed by atoms with Crippen molar-refractivity contribution < 1.29 is 27.8 Å². The van der Waals surface area contributed by atoms with Crippen molar-refractivity contribution in [1.82, 2.24) is 30.1 Å². The number of nitrogens with one attached hydrogen (secondary N) is 1. The number of pyridine rings is 1. The predicted molar refractivity (Wildman–Crippen MR) is 171 cm³/mol. The Morgan fingerprint density at radius 3 is 2.74 bits per heavy atom. The van der Waals surface area contributed by atoms with Gasteiger partial charge in [-0.2, -0.15) is 9.97 Å². The number of halogens is 3. The first kappa shape index (κ1) is 31.1. The van der Waals surface area contributed by atoms with E-state index in [0.29, 0.717) is 24.9 Å². The molecule has 1 aliphatic carbocycles. The highest BCUT2D eigenvalue weighted by molar-refractivity contribution is 6.06. The Hall–Kier alpha value is -4.47. The fourth-order valence-electron chi connectivity index (χ4n) is 7.56. The molecule has 2 atom stereocenters. The average Bonchev–Trinajstić information content (AvgIpc) is 3.54. The molecule has 244 valence electrons. The second-order valence-corrected chi connectivity index (χ2v) is 13.2. The second-order valence-electron chi connectivity index (χ2n) is 13.2. The largest absolute Gasteiger partial charge is 0.508 e. The molecule has 0 spiro atoms. The van der Waals surface area contributed by atoms with E-state index in [1.165, 1.54) is 30.5 Å². The number of aromatic hydroxyl groups is 1. The van der Waals surface area contributed by atoms with Crippen molar-refractivity contribution in [2.24, 2.45) is 0 Å². The minimum Gasteiger partial charge on any atom is -0.508 e. The number of hydrogen-bond acceptors (Lipinski definition) is 8. The van der Waals surface area contributed by atoms with Gasteiger partial charge < -0.3 is 20.1 Å². The lowest BCUT2D eigenvalue weighted by atomic mass is 9.75. The van der Waals surface area contributed by atoms with Gasteiger partial charge in [-0.25, -0.2) is 13.2 Å². The van der Waals surface area contributed by atoms with Crippen LogP contribution in [-0.2, 0) is 0 Å². The van der Waals surface area contributed by atoms with Crippen LogP contribution in [0.25, 0.3) is 32.9 Å². The van der Waals surface area contributed by atoms with Crippen LogP contribution in [0.1, 0.15) is 54.6 Å². The maximum atomic E-state index is 16.7. The van der Waals surface area contributed by atoms with Crippen molar-refractivity contribution in [2.75, 3.05) is 40.3 Å². The van der Waals surface area contributed by atoms with Crippen LogP contribution < -0.4 is 10.1 Å². The lowest BCUT2D eigenvalue weighted by Gasteiger charge is -2.47. The Labute approximate surface area is 270 Å². The van der Waals surface area contributed by atoms with Gasteiger partial charge in [-0.3, -0.25) is 14.7 Å². The van der Waals surface area contributed by atoms with Gasteiger partial charge in [0.05, 0.1) is 16.5 Å². The molecule has 1 saturated carbocycles. The zero-order valence-electron chi connectivity index (χ0n) is 26.2. The number of phenolic OH excluding ortho intramolecular Hbond substituents is 1. The Bertz CT molecular complexity index is 1960. The molecular weight excluding hydrogens is 609 g/mol. The van der Waals surface area contributed by atoms with Crippen LogP contribution >= 0.6 is 0 Å². The Morgan fingerprint density at radius 1 is 1.21 bits per heavy atom. The number of fused-ring (bicyclic) bond motifs is 3. The van der Waals surface area contributed by atoms with Gasteiger partial charge in [0.25, 0.3) is 5.91 Å². The number of carbonyl (C=O) groups excluding carboxylic acids is 1. The average molecular weight is 645 g/mol. The summed E-state index contributed by atoms with van der Waals surface area (Å²) in [5, 5.41) is 14.1. The summed E-state index contributed by atoms with van der Waals surface area (Å²) >= 11 is 0. The summed E-state index contributed by atoms with van der Waals surface area (Å²) in [5.74, 6) is -0.0444. The zero-order valence-corrected chi connectivity index (χ0v) is 26.2. The molecule has 1 amide bonds. The molecule has 2 N–H and O–H groups in total. The molecule has 4 aromatic rings. The first-order valence-electron chi connectivity index (χ1n) is 15.8. The minimum absolute atomic E-state index is 0.0433.